The van der Waals surface area contributed by atoms with Crippen LogP contribution in [0.2, 0.25) is 0 Å². The number of hydrogen-bond acceptors (Lipinski definition) is 5. The average Bonchev–Trinajstić information content (AvgIpc) is 3.01. The number of rotatable bonds is 7. The normalized spacial score (nSPS) is 14.5. The molecule has 0 saturated heterocycles. The predicted molar refractivity (Wildman–Crippen MR) is 81.1 cm³/mol. The number of sulfonamides is 1. The molecule has 0 aliphatic heterocycles. The van der Waals surface area contributed by atoms with Crippen molar-refractivity contribution in [2.75, 3.05) is 13.2 Å². The summed E-state index contributed by atoms with van der Waals surface area (Å²) in [6.45, 7) is 3.39. The summed E-state index contributed by atoms with van der Waals surface area (Å²) in [5.74, 6) is 0.559. The van der Waals surface area contributed by atoms with Gasteiger partial charge in [0, 0.05) is 6.54 Å². The van der Waals surface area contributed by atoms with E-state index in [4.69, 9.17) is 9.15 Å². The molecule has 0 saturated carbocycles. The molecule has 0 aliphatic carbocycles. The van der Waals surface area contributed by atoms with Crippen molar-refractivity contribution in [2.45, 2.75) is 24.3 Å². The maximum Gasteiger partial charge on any atom is 0.244 e. The van der Waals surface area contributed by atoms with E-state index in [9.17, 15) is 13.5 Å². The molecule has 2 aromatic rings. The minimum absolute atomic E-state index is 0.0343. The van der Waals surface area contributed by atoms with Crippen molar-refractivity contribution in [1.29, 1.82) is 0 Å². The molecule has 0 bridgehead atoms. The van der Waals surface area contributed by atoms with Crippen molar-refractivity contribution in [3.8, 4) is 5.75 Å². The van der Waals surface area contributed by atoms with Crippen LogP contribution in [0.3, 0.4) is 0 Å². The molecule has 0 aliphatic rings. The van der Waals surface area contributed by atoms with E-state index >= 15 is 0 Å². The summed E-state index contributed by atoms with van der Waals surface area (Å²) in [6.07, 6.45) is 1.42. The molecule has 7 heteroatoms. The molecule has 22 heavy (non-hydrogen) atoms. The van der Waals surface area contributed by atoms with E-state index in [1.165, 1.54) is 19.3 Å². The van der Waals surface area contributed by atoms with E-state index < -0.39 is 15.6 Å². The fraction of sp³-hybridized carbons (Fsp3) is 0.333. The molecular weight excluding hydrogens is 306 g/mol. The number of ether oxygens (including phenoxy) is 1. The van der Waals surface area contributed by atoms with Crippen LogP contribution in [-0.4, -0.2) is 26.7 Å². The highest BCUT2D eigenvalue weighted by Gasteiger charge is 2.29. The van der Waals surface area contributed by atoms with Gasteiger partial charge >= 0.3 is 0 Å². The second-order valence-corrected chi connectivity index (χ2v) is 6.69. The van der Waals surface area contributed by atoms with E-state index in [1.54, 1.807) is 37.3 Å². The lowest BCUT2D eigenvalue weighted by Crippen LogP contribution is -2.38. The highest BCUT2D eigenvalue weighted by Crippen LogP contribution is 2.25. The summed E-state index contributed by atoms with van der Waals surface area (Å²) in [4.78, 5) is 0.0343. The van der Waals surface area contributed by atoms with Crippen LogP contribution in [0.25, 0.3) is 0 Å². The molecule has 120 valence electrons. The smallest absolute Gasteiger partial charge is 0.244 e. The van der Waals surface area contributed by atoms with Gasteiger partial charge in [0.1, 0.15) is 22.0 Å². The predicted octanol–water partition coefficient (Wildman–Crippen LogP) is 1.86. The topological polar surface area (TPSA) is 88.8 Å². The van der Waals surface area contributed by atoms with Gasteiger partial charge in [-0.25, -0.2) is 13.1 Å². The molecule has 1 heterocycles. The zero-order valence-electron chi connectivity index (χ0n) is 12.4. The van der Waals surface area contributed by atoms with E-state index in [1.807, 2.05) is 0 Å². The van der Waals surface area contributed by atoms with E-state index in [2.05, 4.69) is 4.72 Å². The molecule has 2 rings (SSSR count). The monoisotopic (exact) mass is 325 g/mol. The molecule has 0 amide bonds. The minimum Gasteiger partial charge on any atom is -0.492 e. The Morgan fingerprint density at radius 3 is 2.64 bits per heavy atom. The Bertz CT molecular complexity index is 707. The summed E-state index contributed by atoms with van der Waals surface area (Å²) in [6, 6.07) is 9.56. The fourth-order valence-electron chi connectivity index (χ4n) is 1.93. The number of benzene rings is 1. The Kier molecular flexibility index (Phi) is 4.90. The van der Waals surface area contributed by atoms with Gasteiger partial charge in [0.25, 0.3) is 0 Å². The van der Waals surface area contributed by atoms with Crippen LogP contribution < -0.4 is 9.46 Å². The van der Waals surface area contributed by atoms with Gasteiger partial charge in [0.2, 0.25) is 10.0 Å². The van der Waals surface area contributed by atoms with Crippen LogP contribution in [0, 0.1) is 0 Å². The largest absolute Gasteiger partial charge is 0.492 e. The van der Waals surface area contributed by atoms with Gasteiger partial charge in [0.05, 0.1) is 12.9 Å². The van der Waals surface area contributed by atoms with Crippen LogP contribution in [0.4, 0.5) is 0 Å². The molecule has 0 radical (unpaired) electrons. The lowest BCUT2D eigenvalue weighted by molar-refractivity contribution is 0.0395. The summed E-state index contributed by atoms with van der Waals surface area (Å²) in [7, 11) is -3.81. The third kappa shape index (κ3) is 3.68. The molecule has 1 aromatic heterocycles. The first kappa shape index (κ1) is 16.5. The molecular formula is C15H19NO5S. The highest BCUT2D eigenvalue weighted by molar-refractivity contribution is 7.89. The van der Waals surface area contributed by atoms with Crippen molar-refractivity contribution in [3.63, 3.8) is 0 Å². The third-order valence-corrected chi connectivity index (χ3v) is 4.54. The van der Waals surface area contributed by atoms with Gasteiger partial charge in [-0.05, 0) is 38.1 Å². The second-order valence-electron chi connectivity index (χ2n) is 4.96. The van der Waals surface area contributed by atoms with Gasteiger partial charge in [-0.15, -0.1) is 0 Å². The van der Waals surface area contributed by atoms with Gasteiger partial charge in [-0.2, -0.15) is 0 Å². The Morgan fingerprint density at radius 2 is 2.00 bits per heavy atom. The van der Waals surface area contributed by atoms with Crippen LogP contribution >= 0.6 is 0 Å². The van der Waals surface area contributed by atoms with Crippen LogP contribution in [-0.2, 0) is 15.6 Å². The quantitative estimate of drug-likeness (QED) is 0.811. The van der Waals surface area contributed by atoms with Gasteiger partial charge in [-0.3, -0.25) is 0 Å². The molecule has 1 aromatic carbocycles. The summed E-state index contributed by atoms with van der Waals surface area (Å²) in [5.41, 5.74) is -1.45. The molecule has 2 N–H and O–H groups in total. The second kappa shape index (κ2) is 6.51. The van der Waals surface area contributed by atoms with Crippen molar-refractivity contribution in [2.24, 2.45) is 0 Å². The fourth-order valence-corrected chi connectivity index (χ4v) is 3.21. The van der Waals surface area contributed by atoms with E-state index in [0.29, 0.717) is 6.61 Å². The SMILES string of the molecule is CCOc1ccccc1S(=O)(=O)NCC(C)(O)c1ccco1. The van der Waals surface area contributed by atoms with Crippen molar-refractivity contribution < 1.29 is 22.7 Å². The standard InChI is InChI=1S/C15H19NO5S/c1-3-20-12-7-4-5-8-13(12)22(18,19)16-11-15(2,17)14-9-6-10-21-14/h4-10,16-17H,3,11H2,1-2H3. The lowest BCUT2D eigenvalue weighted by atomic mass is 10.1. The Labute approximate surface area is 129 Å². The Morgan fingerprint density at radius 1 is 1.27 bits per heavy atom. The molecule has 1 unspecified atom stereocenters. The van der Waals surface area contributed by atoms with Gasteiger partial charge in [-0.1, -0.05) is 12.1 Å². The average molecular weight is 325 g/mol. The molecule has 0 spiro atoms. The number of nitrogens with one attached hydrogen (secondary N) is 1. The molecule has 1 atom stereocenters. The van der Waals surface area contributed by atoms with Crippen LogP contribution in [0.1, 0.15) is 19.6 Å². The van der Waals surface area contributed by atoms with Crippen molar-refractivity contribution in [3.05, 3.63) is 48.4 Å². The zero-order valence-corrected chi connectivity index (χ0v) is 13.3. The first-order chi connectivity index (χ1) is 10.4. The number of furan rings is 1. The number of hydrogen-bond donors (Lipinski definition) is 2. The maximum atomic E-state index is 12.4. The maximum absolute atomic E-state index is 12.4. The van der Waals surface area contributed by atoms with Crippen molar-refractivity contribution in [1.82, 2.24) is 4.72 Å². The van der Waals surface area contributed by atoms with E-state index in [0.717, 1.165) is 0 Å². The van der Waals surface area contributed by atoms with Crippen molar-refractivity contribution >= 4 is 10.0 Å². The summed E-state index contributed by atoms with van der Waals surface area (Å²) < 4.78 is 37.7. The first-order valence-electron chi connectivity index (χ1n) is 6.84. The zero-order chi connectivity index (χ0) is 16.2. The van der Waals surface area contributed by atoms with Crippen LogP contribution in [0.15, 0.2) is 52.0 Å². The van der Waals surface area contributed by atoms with Crippen LogP contribution in [0.5, 0.6) is 5.75 Å². The van der Waals surface area contributed by atoms with Gasteiger partial charge < -0.3 is 14.3 Å². The highest BCUT2D eigenvalue weighted by atomic mass is 32.2. The lowest BCUT2D eigenvalue weighted by Gasteiger charge is -2.21. The van der Waals surface area contributed by atoms with E-state index in [-0.39, 0.29) is 22.9 Å². The minimum atomic E-state index is -3.81. The van der Waals surface area contributed by atoms with Gasteiger partial charge in [0.15, 0.2) is 0 Å². The summed E-state index contributed by atoms with van der Waals surface area (Å²) >= 11 is 0. The Balaban J connectivity index is 2.18. The first-order valence-corrected chi connectivity index (χ1v) is 8.33. The molecule has 0 fully saturated rings. The summed E-state index contributed by atoms with van der Waals surface area (Å²) in [5, 5.41) is 10.3. The Hall–Kier alpha value is -1.83. The molecule has 6 nitrogen and oxygen atoms in total. The third-order valence-electron chi connectivity index (χ3n) is 3.10. The number of aliphatic hydroxyl groups is 1. The number of para-hydroxylation sites is 1.